The summed E-state index contributed by atoms with van der Waals surface area (Å²) >= 11 is 28.2. The molecule has 0 saturated carbocycles. The summed E-state index contributed by atoms with van der Waals surface area (Å²) in [6, 6.07) is 47.7. The maximum Gasteiger partial charge on any atom is 0.0781 e. The number of unbranched alkanes of at least 4 members (excludes halogenated alkanes) is 4. The highest BCUT2D eigenvalue weighted by Gasteiger charge is 2.09. The van der Waals surface area contributed by atoms with E-state index in [0.29, 0.717) is 11.8 Å². The Kier molecular flexibility index (Phi) is 23.9. The van der Waals surface area contributed by atoms with Crippen molar-refractivity contribution in [2.45, 2.75) is 107 Å². The van der Waals surface area contributed by atoms with Crippen molar-refractivity contribution in [3.8, 4) is 0 Å². The van der Waals surface area contributed by atoms with E-state index in [1.807, 2.05) is 50.2 Å². The zero-order chi connectivity index (χ0) is 42.2. The molecule has 0 radical (unpaired) electrons. The molecule has 5 aromatic rings. The van der Waals surface area contributed by atoms with Gasteiger partial charge in [-0.15, -0.1) is 47.0 Å². The number of thioether (sulfide) groups is 4. The molecule has 0 aromatic heterocycles. The van der Waals surface area contributed by atoms with Gasteiger partial charge in [-0.1, -0.05) is 228 Å². The van der Waals surface area contributed by atoms with Gasteiger partial charge in [0, 0.05) is 31.4 Å². The predicted molar refractivity (Wildman–Crippen MR) is 286 cm³/mol. The summed E-state index contributed by atoms with van der Waals surface area (Å²) in [5.74, 6) is 5.01. The minimum atomic E-state index is 0.613. The molecular weight excluding hydrogens is 869 g/mol. The van der Waals surface area contributed by atoms with Crippen LogP contribution in [0.5, 0.6) is 0 Å². The predicted octanol–water partition coefficient (Wildman–Crippen LogP) is 17.4. The van der Waals surface area contributed by atoms with E-state index < -0.39 is 0 Å². The normalized spacial score (nSPS) is 11.9. The van der Waals surface area contributed by atoms with Gasteiger partial charge in [0.2, 0.25) is 0 Å². The second-order valence-corrected chi connectivity index (χ2v) is 22.3. The summed E-state index contributed by atoms with van der Waals surface area (Å²) in [6.45, 7) is 8.68. The maximum absolute atomic E-state index is 5.60. The number of hydrogen-bond acceptors (Lipinski definition) is 8. The fourth-order valence-electron chi connectivity index (χ4n) is 6.36. The molecular formula is C51H58S8. The van der Waals surface area contributed by atoms with E-state index in [1.54, 1.807) is 47.0 Å². The van der Waals surface area contributed by atoms with Gasteiger partial charge < -0.3 is 0 Å². The molecule has 0 aliphatic rings. The van der Waals surface area contributed by atoms with Gasteiger partial charge in [0.15, 0.2) is 0 Å². The Bertz CT molecular complexity index is 1840. The minimum absolute atomic E-state index is 0.613. The number of benzene rings is 5. The monoisotopic (exact) mass is 926 g/mol. The third-order valence-electron chi connectivity index (χ3n) is 10.0. The molecule has 0 aliphatic heterocycles. The first kappa shape index (κ1) is 49.5. The number of thiocarbonyl (C=S) groups is 4. The Balaban J connectivity index is 0.000000403. The lowest BCUT2D eigenvalue weighted by molar-refractivity contribution is 0.535. The molecule has 0 amide bonds. The summed E-state index contributed by atoms with van der Waals surface area (Å²) in [7, 11) is 0. The van der Waals surface area contributed by atoms with Gasteiger partial charge in [-0.05, 0) is 83.0 Å². The van der Waals surface area contributed by atoms with Crippen molar-refractivity contribution >= 4 is 113 Å². The summed E-state index contributed by atoms with van der Waals surface area (Å²) < 4.78 is 3.93. The van der Waals surface area contributed by atoms with Crippen LogP contribution in [0.3, 0.4) is 0 Å². The lowest BCUT2D eigenvalue weighted by atomic mass is 9.92. The van der Waals surface area contributed by atoms with Crippen LogP contribution in [0.2, 0.25) is 0 Å². The van der Waals surface area contributed by atoms with Gasteiger partial charge in [-0.25, -0.2) is 0 Å². The molecule has 0 nitrogen and oxygen atoms in total. The average Bonchev–Trinajstić information content (AvgIpc) is 3.27. The van der Waals surface area contributed by atoms with Gasteiger partial charge in [0.25, 0.3) is 0 Å². The first-order valence-corrected chi connectivity index (χ1v) is 26.1. The van der Waals surface area contributed by atoms with Crippen molar-refractivity contribution in [3.05, 3.63) is 178 Å². The summed E-state index contributed by atoms with van der Waals surface area (Å²) in [5.41, 5.74) is 10.5. The Morgan fingerprint density at radius 3 is 1.00 bits per heavy atom. The highest BCUT2D eigenvalue weighted by molar-refractivity contribution is 8.24. The Hall–Kier alpha value is -2.14. The SMILES string of the molecule is CC(=S)SCc1ccc(CSC(C)=S)cc1.CC(CCCCCCCC(C)c1ccc(CSC(=S)c2ccccc2)cc1)c1ccc(CSC(=S)c2ccccc2)cc1. The molecule has 8 heteroatoms. The Morgan fingerprint density at radius 2 is 0.678 bits per heavy atom. The van der Waals surface area contributed by atoms with Crippen LogP contribution in [-0.2, 0) is 23.0 Å². The van der Waals surface area contributed by atoms with Crippen molar-refractivity contribution < 1.29 is 0 Å². The fourth-order valence-corrected chi connectivity index (χ4v) is 10.1. The van der Waals surface area contributed by atoms with E-state index in [4.69, 9.17) is 48.9 Å². The van der Waals surface area contributed by atoms with Gasteiger partial charge >= 0.3 is 0 Å². The molecule has 5 aromatic carbocycles. The standard InChI is InChI=1S/C39H44S4.C12H14S4/c1-30(34-24-20-32(21-25-34)28-42-38(40)36-16-10-6-11-17-36)14-8-4-3-5-9-15-31(2)35-26-22-33(23-27-35)29-43-39(41)37-18-12-7-13-19-37;1-9(13)15-7-11-3-5-12(6-4-11)8-16-10(2)14/h6-7,10-13,16-27,30-31H,3-5,8-9,14-15,28-29H2,1-2H3;3-6H,7-8H2,1-2H3. The van der Waals surface area contributed by atoms with Crippen molar-refractivity contribution in [1.29, 1.82) is 0 Å². The van der Waals surface area contributed by atoms with Crippen LogP contribution in [-0.4, -0.2) is 16.8 Å². The Labute approximate surface area is 394 Å². The van der Waals surface area contributed by atoms with Crippen LogP contribution in [0.15, 0.2) is 133 Å². The van der Waals surface area contributed by atoms with E-state index >= 15 is 0 Å². The Morgan fingerprint density at radius 1 is 0.390 bits per heavy atom. The molecule has 0 bridgehead atoms. The molecule has 0 N–H and O–H groups in total. The van der Waals surface area contributed by atoms with Gasteiger partial charge in [-0.2, -0.15) is 0 Å². The van der Waals surface area contributed by atoms with Crippen LogP contribution < -0.4 is 0 Å². The van der Waals surface area contributed by atoms with Crippen molar-refractivity contribution in [2.75, 3.05) is 0 Å². The zero-order valence-electron chi connectivity index (χ0n) is 34.9. The highest BCUT2D eigenvalue weighted by Crippen LogP contribution is 2.27. The summed E-state index contributed by atoms with van der Waals surface area (Å²) in [5, 5.41) is 0. The largest absolute Gasteiger partial charge is 0.114 e. The third kappa shape index (κ3) is 20.1. The molecule has 59 heavy (non-hydrogen) atoms. The molecule has 0 fully saturated rings. The average molecular weight is 928 g/mol. The molecule has 5 rings (SSSR count). The van der Waals surface area contributed by atoms with Crippen LogP contribution in [0, 0.1) is 0 Å². The molecule has 0 heterocycles. The number of hydrogen-bond donors (Lipinski definition) is 0. The highest BCUT2D eigenvalue weighted by atomic mass is 32.2. The van der Waals surface area contributed by atoms with Crippen LogP contribution >= 0.6 is 95.9 Å². The van der Waals surface area contributed by atoms with Crippen molar-refractivity contribution in [1.82, 2.24) is 0 Å². The zero-order valence-corrected chi connectivity index (χ0v) is 41.4. The van der Waals surface area contributed by atoms with E-state index in [0.717, 1.165) is 50.9 Å². The second kappa shape index (κ2) is 28.5. The van der Waals surface area contributed by atoms with Gasteiger partial charge in [-0.3, -0.25) is 0 Å². The van der Waals surface area contributed by atoms with Gasteiger partial charge in [0.05, 0.1) is 8.39 Å². The minimum Gasteiger partial charge on any atom is -0.114 e. The molecule has 0 saturated heterocycles. The van der Waals surface area contributed by atoms with Crippen LogP contribution in [0.1, 0.15) is 129 Å². The smallest absolute Gasteiger partial charge is 0.0781 e. The first-order chi connectivity index (χ1) is 28.6. The van der Waals surface area contributed by atoms with Crippen molar-refractivity contribution in [3.63, 3.8) is 0 Å². The molecule has 0 aliphatic carbocycles. The van der Waals surface area contributed by atoms with Crippen molar-refractivity contribution in [2.24, 2.45) is 0 Å². The fraction of sp³-hybridized carbons (Fsp3) is 0.333. The van der Waals surface area contributed by atoms with E-state index in [1.165, 1.54) is 78.3 Å². The van der Waals surface area contributed by atoms with Crippen LogP contribution in [0.25, 0.3) is 0 Å². The first-order valence-electron chi connectivity index (χ1n) is 20.5. The van der Waals surface area contributed by atoms with E-state index in [2.05, 4.69) is 111 Å². The van der Waals surface area contributed by atoms with E-state index in [-0.39, 0.29) is 0 Å². The van der Waals surface area contributed by atoms with E-state index in [9.17, 15) is 0 Å². The van der Waals surface area contributed by atoms with Crippen LogP contribution in [0.4, 0.5) is 0 Å². The molecule has 2 unspecified atom stereocenters. The number of rotatable bonds is 20. The molecule has 2 atom stereocenters. The third-order valence-corrected chi connectivity index (χ3v) is 15.6. The second-order valence-electron chi connectivity index (χ2n) is 14.9. The topological polar surface area (TPSA) is 0 Å². The van der Waals surface area contributed by atoms with Gasteiger partial charge in [0.1, 0.15) is 0 Å². The lowest BCUT2D eigenvalue weighted by Crippen LogP contribution is -1.96. The molecule has 310 valence electrons. The maximum atomic E-state index is 5.60. The summed E-state index contributed by atoms with van der Waals surface area (Å²) in [4.78, 5) is 0. The summed E-state index contributed by atoms with van der Waals surface area (Å²) in [6.07, 6.45) is 9.17. The molecule has 0 spiro atoms. The quantitative estimate of drug-likeness (QED) is 0.0552. The lowest BCUT2D eigenvalue weighted by Gasteiger charge is -2.14.